The second-order valence-corrected chi connectivity index (χ2v) is 4.42. The van der Waals surface area contributed by atoms with Crippen LogP contribution in [0.1, 0.15) is 18.1 Å². The Morgan fingerprint density at radius 2 is 2.00 bits per heavy atom. The van der Waals surface area contributed by atoms with E-state index in [1.54, 1.807) is 0 Å². The normalized spacial score (nSPS) is 18.8. The zero-order valence-corrected chi connectivity index (χ0v) is 10.1. The minimum atomic E-state index is -0.969. The average molecular weight is 257 g/mol. The van der Waals surface area contributed by atoms with Crippen molar-refractivity contribution in [1.29, 1.82) is 0 Å². The fourth-order valence-corrected chi connectivity index (χ4v) is 2.06. The fraction of sp³-hybridized carbons (Fsp3) is 0.538. The molecule has 0 saturated carbocycles. The van der Waals surface area contributed by atoms with Crippen LogP contribution >= 0.6 is 0 Å². The molecule has 1 unspecified atom stereocenters. The summed E-state index contributed by atoms with van der Waals surface area (Å²) >= 11 is 0. The maximum absolute atomic E-state index is 13.4. The van der Waals surface area contributed by atoms with Crippen LogP contribution < -0.4 is 0 Å². The van der Waals surface area contributed by atoms with Gasteiger partial charge in [0.1, 0.15) is 11.6 Å². The SMILES string of the molecule is OC(CCN1CCOCC1)c1cc(F)ccc1F. The number of nitrogens with zero attached hydrogens (tertiary/aromatic N) is 1. The molecule has 1 heterocycles. The van der Waals surface area contributed by atoms with Gasteiger partial charge in [-0.15, -0.1) is 0 Å². The lowest BCUT2D eigenvalue weighted by Crippen LogP contribution is -2.37. The number of morpholine rings is 1. The molecule has 0 radical (unpaired) electrons. The molecule has 3 nitrogen and oxygen atoms in total. The topological polar surface area (TPSA) is 32.7 Å². The molecule has 2 rings (SSSR count). The van der Waals surface area contributed by atoms with Crippen LogP contribution in [0.2, 0.25) is 0 Å². The highest BCUT2D eigenvalue weighted by Crippen LogP contribution is 2.21. The third kappa shape index (κ3) is 3.48. The molecule has 1 N–H and O–H groups in total. The van der Waals surface area contributed by atoms with Gasteiger partial charge in [-0.25, -0.2) is 8.78 Å². The van der Waals surface area contributed by atoms with Crippen LogP contribution in [0.15, 0.2) is 18.2 Å². The Hall–Kier alpha value is -1.04. The predicted molar refractivity (Wildman–Crippen MR) is 63.2 cm³/mol. The number of ether oxygens (including phenoxy) is 1. The van der Waals surface area contributed by atoms with Gasteiger partial charge in [0.2, 0.25) is 0 Å². The van der Waals surface area contributed by atoms with Gasteiger partial charge in [0.15, 0.2) is 0 Å². The van der Waals surface area contributed by atoms with Gasteiger partial charge in [0, 0.05) is 25.2 Å². The van der Waals surface area contributed by atoms with E-state index in [9.17, 15) is 13.9 Å². The molecule has 1 aliphatic heterocycles. The molecule has 0 aromatic heterocycles. The van der Waals surface area contributed by atoms with Gasteiger partial charge in [-0.2, -0.15) is 0 Å². The van der Waals surface area contributed by atoms with Crippen LogP contribution in [-0.4, -0.2) is 42.9 Å². The maximum atomic E-state index is 13.4. The highest BCUT2D eigenvalue weighted by Gasteiger charge is 2.16. The molecule has 100 valence electrons. The first kappa shape index (κ1) is 13.4. The first-order valence-corrected chi connectivity index (χ1v) is 6.10. The van der Waals surface area contributed by atoms with E-state index in [1.165, 1.54) is 0 Å². The predicted octanol–water partition coefficient (Wildman–Crippen LogP) is 1.72. The van der Waals surface area contributed by atoms with Crippen LogP contribution in [0.4, 0.5) is 8.78 Å². The van der Waals surface area contributed by atoms with Gasteiger partial charge in [-0.05, 0) is 24.6 Å². The summed E-state index contributed by atoms with van der Waals surface area (Å²) in [6.45, 7) is 3.66. The standard InChI is InChI=1S/C13H17F2NO2/c14-10-1-2-12(15)11(9-10)13(17)3-4-16-5-7-18-8-6-16/h1-2,9,13,17H,3-8H2. The van der Waals surface area contributed by atoms with Gasteiger partial charge in [0.25, 0.3) is 0 Å². The van der Waals surface area contributed by atoms with E-state index in [4.69, 9.17) is 4.74 Å². The molecule has 0 aliphatic carbocycles. The molecular formula is C13H17F2NO2. The number of hydrogen-bond acceptors (Lipinski definition) is 3. The molecule has 18 heavy (non-hydrogen) atoms. The summed E-state index contributed by atoms with van der Waals surface area (Å²) in [7, 11) is 0. The number of rotatable bonds is 4. The summed E-state index contributed by atoms with van der Waals surface area (Å²) in [5.74, 6) is -1.09. The first-order chi connectivity index (χ1) is 8.66. The molecule has 5 heteroatoms. The number of aliphatic hydroxyl groups is 1. The largest absolute Gasteiger partial charge is 0.388 e. The summed E-state index contributed by atoms with van der Waals surface area (Å²) in [4.78, 5) is 2.14. The second kappa shape index (κ2) is 6.22. The molecule has 0 amide bonds. The van der Waals surface area contributed by atoms with Crippen LogP contribution in [0.3, 0.4) is 0 Å². The van der Waals surface area contributed by atoms with Crippen molar-refractivity contribution in [1.82, 2.24) is 4.90 Å². The molecule has 0 bridgehead atoms. The smallest absolute Gasteiger partial charge is 0.129 e. The summed E-state index contributed by atoms with van der Waals surface area (Å²) in [5.41, 5.74) is 0.0308. The van der Waals surface area contributed by atoms with E-state index in [0.717, 1.165) is 31.3 Å². The van der Waals surface area contributed by atoms with Crippen LogP contribution in [0.25, 0.3) is 0 Å². The number of hydrogen-bond donors (Lipinski definition) is 1. The van der Waals surface area contributed by atoms with Crippen LogP contribution in [0.5, 0.6) is 0 Å². The van der Waals surface area contributed by atoms with Gasteiger partial charge in [-0.3, -0.25) is 4.90 Å². The Kier molecular flexibility index (Phi) is 4.63. The van der Waals surface area contributed by atoms with Crippen molar-refractivity contribution in [3.05, 3.63) is 35.4 Å². The van der Waals surface area contributed by atoms with E-state index in [1.807, 2.05) is 0 Å². The summed E-state index contributed by atoms with van der Waals surface area (Å²) < 4.78 is 31.6. The van der Waals surface area contributed by atoms with Crippen LogP contribution in [0, 0.1) is 11.6 Å². The van der Waals surface area contributed by atoms with E-state index >= 15 is 0 Å². The average Bonchev–Trinajstić information content (AvgIpc) is 2.40. The molecule has 1 fully saturated rings. The van der Waals surface area contributed by atoms with E-state index in [-0.39, 0.29) is 5.56 Å². The lowest BCUT2D eigenvalue weighted by molar-refractivity contribution is 0.0298. The van der Waals surface area contributed by atoms with E-state index in [0.29, 0.717) is 26.2 Å². The monoisotopic (exact) mass is 257 g/mol. The van der Waals surface area contributed by atoms with Gasteiger partial charge >= 0.3 is 0 Å². The van der Waals surface area contributed by atoms with Crippen molar-refractivity contribution in [2.45, 2.75) is 12.5 Å². The second-order valence-electron chi connectivity index (χ2n) is 4.42. The lowest BCUT2D eigenvalue weighted by atomic mass is 10.1. The molecule has 1 aliphatic rings. The first-order valence-electron chi connectivity index (χ1n) is 6.10. The fourth-order valence-electron chi connectivity index (χ4n) is 2.06. The number of aliphatic hydroxyl groups excluding tert-OH is 1. The summed E-state index contributed by atoms with van der Waals surface area (Å²) in [6.07, 6.45) is -0.580. The van der Waals surface area contributed by atoms with Crippen molar-refractivity contribution in [2.24, 2.45) is 0 Å². The molecule has 1 saturated heterocycles. The molecular weight excluding hydrogens is 240 g/mol. The summed E-state index contributed by atoms with van der Waals surface area (Å²) in [6, 6.07) is 3.15. The lowest BCUT2D eigenvalue weighted by Gasteiger charge is -2.27. The van der Waals surface area contributed by atoms with Crippen LogP contribution in [-0.2, 0) is 4.74 Å². The Balaban J connectivity index is 1.90. The van der Waals surface area contributed by atoms with Gasteiger partial charge < -0.3 is 9.84 Å². The third-order valence-electron chi connectivity index (χ3n) is 3.14. The zero-order chi connectivity index (χ0) is 13.0. The third-order valence-corrected chi connectivity index (χ3v) is 3.14. The highest BCUT2D eigenvalue weighted by atomic mass is 19.1. The quantitative estimate of drug-likeness (QED) is 0.891. The maximum Gasteiger partial charge on any atom is 0.129 e. The highest BCUT2D eigenvalue weighted by molar-refractivity contribution is 5.21. The Bertz CT molecular complexity index is 395. The number of benzene rings is 1. The van der Waals surface area contributed by atoms with Gasteiger partial charge in [-0.1, -0.05) is 0 Å². The number of halogens is 2. The van der Waals surface area contributed by atoms with Gasteiger partial charge in [0.05, 0.1) is 19.3 Å². The molecule has 1 atom stereocenters. The Morgan fingerprint density at radius 1 is 1.28 bits per heavy atom. The molecule has 0 spiro atoms. The van der Waals surface area contributed by atoms with Crippen molar-refractivity contribution in [3.8, 4) is 0 Å². The van der Waals surface area contributed by atoms with E-state index in [2.05, 4.69) is 4.90 Å². The van der Waals surface area contributed by atoms with Crippen molar-refractivity contribution in [3.63, 3.8) is 0 Å². The van der Waals surface area contributed by atoms with Crippen molar-refractivity contribution < 1.29 is 18.6 Å². The Morgan fingerprint density at radius 3 is 2.72 bits per heavy atom. The summed E-state index contributed by atoms with van der Waals surface area (Å²) in [5, 5.41) is 9.89. The minimum absolute atomic E-state index is 0.0308. The van der Waals surface area contributed by atoms with E-state index < -0.39 is 17.7 Å². The Labute approximate surface area is 105 Å². The minimum Gasteiger partial charge on any atom is -0.388 e. The molecule has 1 aromatic rings. The van der Waals surface area contributed by atoms with Crippen molar-refractivity contribution >= 4 is 0 Å². The molecule has 1 aromatic carbocycles. The van der Waals surface area contributed by atoms with Crippen molar-refractivity contribution in [2.75, 3.05) is 32.8 Å². The zero-order valence-electron chi connectivity index (χ0n) is 10.1.